The van der Waals surface area contributed by atoms with Crippen LogP contribution in [0.1, 0.15) is 74.5 Å². The molecule has 1 saturated carbocycles. The molecule has 0 aromatic heterocycles. The fourth-order valence-electron chi connectivity index (χ4n) is 9.25. The lowest BCUT2D eigenvalue weighted by atomic mass is 9.45. The van der Waals surface area contributed by atoms with Gasteiger partial charge in [-0.3, -0.25) is 4.79 Å². The zero-order valence-corrected chi connectivity index (χ0v) is 22.5. The molecule has 5 atom stereocenters. The lowest BCUT2D eigenvalue weighted by molar-refractivity contribution is -0.115. The van der Waals surface area contributed by atoms with Gasteiger partial charge in [-0.2, -0.15) is 5.26 Å². The van der Waals surface area contributed by atoms with Gasteiger partial charge >= 0.3 is 0 Å². The highest BCUT2D eigenvalue weighted by Crippen LogP contribution is 2.70. The van der Waals surface area contributed by atoms with Crippen molar-refractivity contribution in [2.24, 2.45) is 16.7 Å². The van der Waals surface area contributed by atoms with Crippen LogP contribution in [0.4, 0.5) is 0 Å². The first-order valence-electron chi connectivity index (χ1n) is 14.4. The third-order valence-corrected chi connectivity index (χ3v) is 11.1. The smallest absolute Gasteiger partial charge is 0.155 e. The largest absolute Gasteiger partial charge is 0.392 e. The molecule has 5 aliphatic carbocycles. The number of allylic oxidation sites excluding steroid dienone is 4. The number of benzene rings is 2. The van der Waals surface area contributed by atoms with Gasteiger partial charge in [0.05, 0.1) is 23.8 Å². The monoisotopic (exact) mass is 517 g/mol. The number of ketones is 1. The molecule has 0 heterocycles. The molecule has 0 aliphatic heterocycles. The summed E-state index contributed by atoms with van der Waals surface area (Å²) < 4.78 is 0. The second-order valence-corrected chi connectivity index (χ2v) is 12.7. The van der Waals surface area contributed by atoms with E-state index in [0.29, 0.717) is 24.3 Å². The van der Waals surface area contributed by atoms with Gasteiger partial charge in [0.1, 0.15) is 0 Å². The fraction of sp³-hybridized carbons (Fsp3) is 0.429. The number of carbonyl (C=O) groups excluding carboxylic acids is 1. The van der Waals surface area contributed by atoms with Crippen LogP contribution in [0.15, 0.2) is 77.4 Å². The molecule has 1 spiro atoms. The summed E-state index contributed by atoms with van der Waals surface area (Å²) in [6, 6.07) is 16.9. The number of hydrogen-bond acceptors (Lipinski definition) is 4. The molecule has 198 valence electrons. The van der Waals surface area contributed by atoms with Crippen LogP contribution in [-0.4, -0.2) is 28.2 Å². The minimum atomic E-state index is -0.940. The normalized spacial score (nSPS) is 34.6. The molecule has 7 rings (SSSR count). The lowest BCUT2D eigenvalue weighted by Crippen LogP contribution is -2.52. The number of aliphatic hydroxyl groups excluding tert-OH is 1. The van der Waals surface area contributed by atoms with E-state index in [2.05, 4.69) is 31.2 Å². The van der Waals surface area contributed by atoms with Crippen molar-refractivity contribution in [2.75, 3.05) is 6.61 Å². The second kappa shape index (κ2) is 8.62. The first-order chi connectivity index (χ1) is 18.8. The molecule has 2 aromatic carbocycles. The van der Waals surface area contributed by atoms with Crippen LogP contribution < -0.4 is 0 Å². The van der Waals surface area contributed by atoms with E-state index in [1.807, 2.05) is 36.4 Å². The van der Waals surface area contributed by atoms with E-state index in [-0.39, 0.29) is 29.1 Å². The minimum absolute atomic E-state index is 0.0628. The summed E-state index contributed by atoms with van der Waals surface area (Å²) in [5.74, 6) is 0.801. The van der Waals surface area contributed by atoms with E-state index in [4.69, 9.17) is 0 Å². The molecule has 0 bridgehead atoms. The Bertz CT molecular complexity index is 1520. The summed E-state index contributed by atoms with van der Waals surface area (Å²) in [6.07, 6.45) is 12.4. The van der Waals surface area contributed by atoms with Crippen molar-refractivity contribution >= 4 is 5.78 Å². The van der Waals surface area contributed by atoms with Crippen molar-refractivity contribution in [3.8, 4) is 17.2 Å². The Morgan fingerprint density at radius 3 is 2.64 bits per heavy atom. The Kier molecular flexibility index (Phi) is 5.47. The first kappa shape index (κ1) is 24.8. The summed E-state index contributed by atoms with van der Waals surface area (Å²) in [5.41, 5.74) is 8.74. The summed E-state index contributed by atoms with van der Waals surface area (Å²) in [6.45, 7) is 2.21. The lowest BCUT2D eigenvalue weighted by Gasteiger charge is -2.59. The molecule has 0 radical (unpaired) electrons. The standard InChI is InChI=1S/C35H35NO3/c1-33-20-30-28-9-7-24(23-5-3-22(21-36)4-6-23)17-25(28)19-34-14-11-27(38)18-26(34)8-10-29(32(30)34)31(33)12-15-35(33,39)13-2-16-37/h2-7,9,13,17-18,30-31,37,39H,8,10-12,14-16,19-20H2,1H3/b13-2-/t30?,31-,33-,34+,35-/m0/s1. The number of rotatable bonds is 3. The van der Waals surface area contributed by atoms with Crippen molar-refractivity contribution < 1.29 is 15.0 Å². The number of hydrogen-bond donors (Lipinski definition) is 2. The van der Waals surface area contributed by atoms with Crippen LogP contribution in [0.5, 0.6) is 0 Å². The van der Waals surface area contributed by atoms with Crippen LogP contribution >= 0.6 is 0 Å². The topological polar surface area (TPSA) is 81.3 Å². The van der Waals surface area contributed by atoms with Gasteiger partial charge in [-0.1, -0.05) is 66.1 Å². The fourth-order valence-corrected chi connectivity index (χ4v) is 9.25. The SMILES string of the molecule is C[C@]12CC3C4=C(CCC5=CC(=O)CC[C@@]54Cc4cc(-c5ccc(C#N)cc5)ccc43)[C@@H]1CC[C@@]2(O)/C=C\CO. The van der Waals surface area contributed by atoms with Crippen molar-refractivity contribution in [1.29, 1.82) is 5.26 Å². The van der Waals surface area contributed by atoms with E-state index in [1.54, 1.807) is 17.2 Å². The van der Waals surface area contributed by atoms with E-state index < -0.39 is 5.60 Å². The van der Waals surface area contributed by atoms with Crippen molar-refractivity contribution in [1.82, 2.24) is 0 Å². The average Bonchev–Trinajstić information content (AvgIpc) is 3.22. The number of carbonyl (C=O) groups is 1. The summed E-state index contributed by atoms with van der Waals surface area (Å²) >= 11 is 0. The predicted molar refractivity (Wildman–Crippen MR) is 151 cm³/mol. The number of nitrogens with zero attached hydrogens (tertiary/aromatic N) is 1. The predicted octanol–water partition coefficient (Wildman–Crippen LogP) is 6.33. The molecule has 39 heavy (non-hydrogen) atoms. The zero-order valence-electron chi connectivity index (χ0n) is 22.5. The summed E-state index contributed by atoms with van der Waals surface area (Å²) in [4.78, 5) is 12.6. The molecule has 5 aliphatic rings. The summed E-state index contributed by atoms with van der Waals surface area (Å²) in [5, 5.41) is 30.8. The third-order valence-electron chi connectivity index (χ3n) is 11.1. The molecular weight excluding hydrogens is 482 g/mol. The molecule has 0 amide bonds. The van der Waals surface area contributed by atoms with Gasteiger partial charge < -0.3 is 10.2 Å². The van der Waals surface area contributed by atoms with Crippen LogP contribution in [0.3, 0.4) is 0 Å². The maximum atomic E-state index is 12.6. The molecule has 2 N–H and O–H groups in total. The zero-order chi connectivity index (χ0) is 27.0. The molecule has 4 heteroatoms. The number of aliphatic hydroxyl groups is 2. The third kappa shape index (κ3) is 3.39. The molecule has 0 saturated heterocycles. The molecule has 1 fully saturated rings. The van der Waals surface area contributed by atoms with E-state index in [1.165, 1.54) is 16.7 Å². The second-order valence-electron chi connectivity index (χ2n) is 12.7. The maximum Gasteiger partial charge on any atom is 0.155 e. The minimum Gasteiger partial charge on any atom is -0.392 e. The number of fused-ring (bicyclic) bond motifs is 4. The van der Waals surface area contributed by atoms with Crippen LogP contribution in [0.25, 0.3) is 11.1 Å². The highest BCUT2D eigenvalue weighted by atomic mass is 16.3. The van der Waals surface area contributed by atoms with Crippen LogP contribution in [0.2, 0.25) is 0 Å². The first-order valence-corrected chi connectivity index (χ1v) is 14.4. The maximum absolute atomic E-state index is 12.6. The van der Waals surface area contributed by atoms with Crippen molar-refractivity contribution in [3.05, 3.63) is 94.1 Å². The Labute approximate surface area is 230 Å². The summed E-state index contributed by atoms with van der Waals surface area (Å²) in [7, 11) is 0. The Morgan fingerprint density at radius 1 is 1.08 bits per heavy atom. The van der Waals surface area contributed by atoms with Crippen molar-refractivity contribution in [2.45, 2.75) is 69.8 Å². The average molecular weight is 518 g/mol. The van der Waals surface area contributed by atoms with Gasteiger partial charge in [-0.15, -0.1) is 0 Å². The van der Waals surface area contributed by atoms with Gasteiger partial charge in [0.2, 0.25) is 0 Å². The molecule has 4 nitrogen and oxygen atoms in total. The highest BCUT2D eigenvalue weighted by Gasteiger charge is 2.63. The quantitative estimate of drug-likeness (QED) is 0.466. The van der Waals surface area contributed by atoms with Gasteiger partial charge in [-0.25, -0.2) is 0 Å². The van der Waals surface area contributed by atoms with E-state index in [9.17, 15) is 20.3 Å². The number of nitriles is 1. The molecular formula is C35H35NO3. The Balaban J connectivity index is 1.42. The molecule has 2 aromatic rings. The van der Waals surface area contributed by atoms with Crippen LogP contribution in [-0.2, 0) is 11.2 Å². The van der Waals surface area contributed by atoms with E-state index in [0.717, 1.165) is 49.7 Å². The Morgan fingerprint density at radius 2 is 1.87 bits per heavy atom. The van der Waals surface area contributed by atoms with Gasteiger partial charge in [0, 0.05) is 23.2 Å². The van der Waals surface area contributed by atoms with Crippen LogP contribution in [0, 0.1) is 28.1 Å². The highest BCUT2D eigenvalue weighted by molar-refractivity contribution is 5.92. The van der Waals surface area contributed by atoms with Gasteiger partial charge in [0.25, 0.3) is 0 Å². The van der Waals surface area contributed by atoms with Gasteiger partial charge in [-0.05, 0) is 91.3 Å². The molecule has 1 unspecified atom stereocenters. The van der Waals surface area contributed by atoms with Crippen molar-refractivity contribution in [3.63, 3.8) is 0 Å². The Hall–Kier alpha value is -3.26. The van der Waals surface area contributed by atoms with E-state index >= 15 is 0 Å². The van der Waals surface area contributed by atoms with Gasteiger partial charge in [0.15, 0.2) is 5.78 Å².